The molecule has 4 aliphatic heterocycles. The number of epoxide rings is 2. The van der Waals surface area contributed by atoms with Gasteiger partial charge in [-0.15, -0.1) is 0 Å². The van der Waals surface area contributed by atoms with Gasteiger partial charge in [0.1, 0.15) is 81.8 Å². The van der Waals surface area contributed by atoms with E-state index in [9.17, 15) is 0 Å². The second-order valence-electron chi connectivity index (χ2n) is 26.7. The highest BCUT2D eigenvalue weighted by molar-refractivity contribution is 6.45. The highest BCUT2D eigenvalue weighted by atomic mass is 16.6. The van der Waals surface area contributed by atoms with Gasteiger partial charge in [-0.25, -0.2) is 0 Å². The fourth-order valence-electron chi connectivity index (χ4n) is 14.4. The van der Waals surface area contributed by atoms with Crippen LogP contribution in [-0.2, 0) is 54.2 Å². The Morgan fingerprint density at radius 2 is 0.673 bits per heavy atom. The summed E-state index contributed by atoms with van der Waals surface area (Å²) in [6.45, 7) is 13.5. The number of hydrogen-bond donors (Lipinski definition) is 2. The lowest BCUT2D eigenvalue weighted by Crippen LogP contribution is -2.52. The van der Waals surface area contributed by atoms with E-state index in [4.69, 9.17) is 46.7 Å². The van der Waals surface area contributed by atoms with Crippen LogP contribution in [0.2, 0.25) is 0 Å². The van der Waals surface area contributed by atoms with E-state index in [1.54, 1.807) is 48.5 Å². The zero-order chi connectivity index (χ0) is 71.9. The lowest BCUT2D eigenvalue weighted by molar-refractivity contribution is -0.121. The van der Waals surface area contributed by atoms with Crippen LogP contribution < -0.4 is 29.6 Å². The Morgan fingerprint density at radius 1 is 0.394 bits per heavy atom. The van der Waals surface area contributed by atoms with E-state index in [0.29, 0.717) is 69.3 Å². The highest BCUT2D eigenvalue weighted by Gasteiger charge is 2.47. The average Bonchev–Trinajstić information content (AvgIpc) is 0.966. The first-order chi connectivity index (χ1) is 50.8. The lowest BCUT2D eigenvalue weighted by Gasteiger charge is -2.35. The largest absolute Gasteiger partial charge is 0.457 e. The van der Waals surface area contributed by atoms with Gasteiger partial charge in [0.2, 0.25) is 11.8 Å². The molecule has 2 saturated heterocycles. The molecule has 9 aromatic carbocycles. The minimum absolute atomic E-state index is 0.00549. The predicted molar refractivity (Wildman–Crippen MR) is 393 cm³/mol. The van der Waals surface area contributed by atoms with Crippen molar-refractivity contribution in [1.29, 1.82) is 0 Å². The fraction of sp³-hybridized carbons (Fsp3) is 0.310. The standard InChI is InChI=1S/C84H80N4O16/c1-7-13-47-17-25-51(26-18-47)99-63-41-55-71-56(82(92)87(81(55)91)59(37-39-95-11-5)79(89)85-69-35-33-61(103-69)67-45-97-67)43-65(101-53-29-21-49(15-9-3)22-30-53)75-76-66(102-54-31-23-50(16-10-4)24-32-54)44-58-72-57(42-64(74(78(72)76)73(63)77(71)75)100-52-27-19-48(14-8-2)20-28-52)83(93)88(84(58)94)60(38-40-96-12-6)80(90)86-70-36-34-62(104-70)68-46-98-68/h17-36,41-44,59-60,67-68H,7-16,37-40,45-46H2,1-6H3,(H,85,89)(H,86,90). The van der Waals surface area contributed by atoms with Crippen molar-refractivity contribution >= 4 is 90.3 Å². The van der Waals surface area contributed by atoms with Gasteiger partial charge in [0, 0.05) is 94.5 Å². The number of hydrogen-bond acceptors (Lipinski definition) is 16. The highest BCUT2D eigenvalue weighted by Crippen LogP contribution is 2.58. The number of fused-ring (bicyclic) bond motifs is 2. The predicted octanol–water partition coefficient (Wildman–Crippen LogP) is 18.1. The second-order valence-corrected chi connectivity index (χ2v) is 26.7. The number of amides is 6. The van der Waals surface area contributed by atoms with Gasteiger partial charge in [-0.05, 0) is 147 Å². The number of rotatable bonds is 32. The average molecular weight is 1400 g/mol. The third-order valence-electron chi connectivity index (χ3n) is 19.5. The van der Waals surface area contributed by atoms with Gasteiger partial charge in [-0.3, -0.25) is 49.2 Å². The molecular weight excluding hydrogens is 1320 g/mol. The third-order valence-corrected chi connectivity index (χ3v) is 19.5. The Morgan fingerprint density at radius 3 is 0.923 bits per heavy atom. The molecule has 20 nitrogen and oxygen atoms in total. The molecule has 4 unspecified atom stereocenters. The van der Waals surface area contributed by atoms with E-state index >= 15 is 28.8 Å². The first-order valence-corrected chi connectivity index (χ1v) is 36.1. The summed E-state index contributed by atoms with van der Waals surface area (Å²) in [6.07, 6.45) is 5.96. The summed E-state index contributed by atoms with van der Waals surface area (Å²) in [6, 6.07) is 40.5. The number of anilines is 2. The quantitative estimate of drug-likeness (QED) is 0.0131. The van der Waals surface area contributed by atoms with E-state index < -0.39 is 47.5 Å². The normalized spacial score (nSPS) is 15.9. The molecule has 0 aliphatic carbocycles. The van der Waals surface area contributed by atoms with Gasteiger partial charge in [0.15, 0.2) is 11.8 Å². The van der Waals surface area contributed by atoms with Crippen molar-refractivity contribution in [1.82, 2.24) is 9.80 Å². The maximum atomic E-state index is 16.4. The zero-order valence-electron chi connectivity index (χ0n) is 58.9. The van der Waals surface area contributed by atoms with Crippen LogP contribution in [0, 0.1) is 0 Å². The maximum absolute atomic E-state index is 16.4. The molecular formula is C84H80N4O16. The fourth-order valence-corrected chi connectivity index (χ4v) is 14.4. The summed E-state index contributed by atoms with van der Waals surface area (Å²) in [5, 5.41) is 7.81. The number of nitrogens with one attached hydrogen (secondary N) is 2. The molecule has 532 valence electrons. The number of benzene rings is 9. The van der Waals surface area contributed by atoms with Crippen LogP contribution >= 0.6 is 0 Å². The number of ether oxygens (including phenoxy) is 8. The topological polar surface area (TPSA) is 240 Å². The number of imide groups is 2. The van der Waals surface area contributed by atoms with Crippen molar-refractivity contribution in [2.24, 2.45) is 0 Å². The molecule has 104 heavy (non-hydrogen) atoms. The van der Waals surface area contributed by atoms with E-state index in [1.165, 1.54) is 0 Å². The number of furan rings is 2. The Kier molecular flexibility index (Phi) is 19.5. The summed E-state index contributed by atoms with van der Waals surface area (Å²) in [4.78, 5) is 97.8. The summed E-state index contributed by atoms with van der Waals surface area (Å²) in [5.41, 5.74) is 4.20. The van der Waals surface area contributed by atoms with Crippen LogP contribution in [0.3, 0.4) is 0 Å². The monoisotopic (exact) mass is 1400 g/mol. The van der Waals surface area contributed by atoms with Crippen molar-refractivity contribution in [2.45, 2.75) is 130 Å². The lowest BCUT2D eigenvalue weighted by atomic mass is 9.80. The number of nitrogens with zero attached hydrogens (tertiary/aromatic N) is 2. The SMILES string of the molecule is CCCc1ccc(Oc2cc3c4c(cc(Oc5ccc(CCC)cc5)c5c6c(Oc7ccc(CCC)cc7)cc7c8c(cc(Oc9ccc(CCC)cc9)c(c2c45)c86)C(=O)N(C(CCOCC)C(=O)Nc2ccc(C4CO4)o2)C7=O)C(=O)N(C(CCOCC)C(=O)Nc2ccc(C4CO4)o2)C3=O)cc1. The van der Waals surface area contributed by atoms with Crippen molar-refractivity contribution in [3.05, 3.63) is 202 Å². The molecule has 20 heteroatoms. The van der Waals surface area contributed by atoms with Crippen LogP contribution in [0.5, 0.6) is 46.0 Å². The van der Waals surface area contributed by atoms with Gasteiger partial charge in [0.05, 0.1) is 35.5 Å². The minimum atomic E-state index is -1.47. The molecule has 2 fully saturated rings. The molecule has 2 aromatic heterocycles. The molecule has 6 heterocycles. The van der Waals surface area contributed by atoms with E-state index in [0.717, 1.165) is 83.4 Å². The van der Waals surface area contributed by atoms with Gasteiger partial charge >= 0.3 is 0 Å². The first kappa shape index (κ1) is 68.8. The van der Waals surface area contributed by atoms with Crippen LogP contribution in [0.4, 0.5) is 11.8 Å². The van der Waals surface area contributed by atoms with Gasteiger partial charge < -0.3 is 46.7 Å². The number of carbonyl (C=O) groups is 6. The Hall–Kier alpha value is -10.9. The molecule has 0 spiro atoms. The van der Waals surface area contributed by atoms with Crippen LogP contribution in [0.25, 0.3) is 43.1 Å². The molecule has 0 saturated carbocycles. The third kappa shape index (κ3) is 13.4. The smallest absolute Gasteiger partial charge is 0.262 e. The molecule has 2 N–H and O–H groups in total. The summed E-state index contributed by atoms with van der Waals surface area (Å²) < 4.78 is 63.9. The molecule has 0 bridgehead atoms. The van der Waals surface area contributed by atoms with Crippen molar-refractivity contribution in [3.63, 3.8) is 0 Å². The second kappa shape index (κ2) is 29.5. The van der Waals surface area contributed by atoms with Crippen molar-refractivity contribution in [2.75, 3.05) is 50.3 Å². The van der Waals surface area contributed by atoms with Crippen molar-refractivity contribution < 1.29 is 75.5 Å². The Labute approximate surface area is 600 Å². The first-order valence-electron chi connectivity index (χ1n) is 36.1. The van der Waals surface area contributed by atoms with Crippen LogP contribution in [0.1, 0.15) is 167 Å². The van der Waals surface area contributed by atoms with E-state index in [2.05, 4.69) is 38.3 Å². The molecule has 0 radical (unpaired) electrons. The Bertz CT molecular complexity index is 4560. The molecule has 4 aliphatic rings. The molecule has 11 aromatic rings. The zero-order valence-corrected chi connectivity index (χ0v) is 58.9. The Balaban J connectivity index is 1.05. The molecule has 4 atom stereocenters. The maximum Gasteiger partial charge on any atom is 0.262 e. The number of aryl methyl sites for hydroxylation is 4. The van der Waals surface area contributed by atoms with E-state index in [1.807, 2.05) is 111 Å². The number of carbonyl (C=O) groups excluding carboxylic acids is 6. The summed E-state index contributed by atoms with van der Waals surface area (Å²) in [7, 11) is 0. The van der Waals surface area contributed by atoms with E-state index in [-0.39, 0.29) is 130 Å². The minimum Gasteiger partial charge on any atom is -0.457 e. The summed E-state index contributed by atoms with van der Waals surface area (Å²) in [5.74, 6) is -1.66. The van der Waals surface area contributed by atoms with Crippen LogP contribution in [0.15, 0.2) is 154 Å². The summed E-state index contributed by atoms with van der Waals surface area (Å²) >= 11 is 0. The van der Waals surface area contributed by atoms with Crippen molar-refractivity contribution in [3.8, 4) is 46.0 Å². The molecule has 15 rings (SSSR count). The van der Waals surface area contributed by atoms with Gasteiger partial charge in [-0.1, -0.05) is 102 Å². The molecule has 6 amide bonds. The van der Waals surface area contributed by atoms with Gasteiger partial charge in [-0.2, -0.15) is 0 Å². The van der Waals surface area contributed by atoms with Gasteiger partial charge in [0.25, 0.3) is 23.6 Å². The van der Waals surface area contributed by atoms with Crippen LogP contribution in [-0.4, -0.2) is 97.0 Å².